The van der Waals surface area contributed by atoms with Crippen molar-refractivity contribution in [2.24, 2.45) is 0 Å². The van der Waals surface area contributed by atoms with Crippen LogP contribution in [0.5, 0.6) is 0 Å². The molecule has 4 nitrogen and oxygen atoms in total. The molecule has 1 aromatic heterocycles. The van der Waals surface area contributed by atoms with Crippen molar-refractivity contribution in [2.75, 3.05) is 13.7 Å². The Hall–Kier alpha value is -0.750. The van der Waals surface area contributed by atoms with Gasteiger partial charge in [-0.3, -0.25) is 0 Å². The molecule has 0 bridgehead atoms. The maximum absolute atomic E-state index is 13.5. The summed E-state index contributed by atoms with van der Waals surface area (Å²) in [5.74, 6) is -1.39. The van der Waals surface area contributed by atoms with Gasteiger partial charge in [-0.05, 0) is 12.8 Å². The molecule has 1 atom stereocenters. The standard InChI is InChI=1S/C12H18ClF2N3O/c1-19-6-5-18-10(8-13)16-17-11(18)9-3-2-4-12(14,15)7-9/h9H,2-8H2,1H3. The van der Waals surface area contributed by atoms with Gasteiger partial charge >= 0.3 is 0 Å². The molecule has 0 aromatic carbocycles. The summed E-state index contributed by atoms with van der Waals surface area (Å²) in [4.78, 5) is 0. The first-order valence-corrected chi connectivity index (χ1v) is 6.95. The van der Waals surface area contributed by atoms with Gasteiger partial charge in [-0.2, -0.15) is 0 Å². The second kappa shape index (κ2) is 6.13. The highest BCUT2D eigenvalue weighted by Crippen LogP contribution is 2.41. The highest BCUT2D eigenvalue weighted by molar-refractivity contribution is 6.16. The fourth-order valence-corrected chi connectivity index (χ4v) is 2.77. The first-order valence-electron chi connectivity index (χ1n) is 6.42. The molecule has 0 aliphatic heterocycles. The Morgan fingerprint density at radius 3 is 2.89 bits per heavy atom. The molecule has 0 saturated heterocycles. The van der Waals surface area contributed by atoms with Crippen molar-refractivity contribution in [1.82, 2.24) is 14.8 Å². The number of halogens is 3. The lowest BCUT2D eigenvalue weighted by Crippen LogP contribution is -2.27. The summed E-state index contributed by atoms with van der Waals surface area (Å²) in [5, 5.41) is 8.06. The van der Waals surface area contributed by atoms with Crippen molar-refractivity contribution in [2.45, 2.75) is 49.9 Å². The highest BCUT2D eigenvalue weighted by atomic mass is 35.5. The molecular weight excluding hydrogens is 276 g/mol. The fourth-order valence-electron chi connectivity index (χ4n) is 2.57. The van der Waals surface area contributed by atoms with Gasteiger partial charge in [0.15, 0.2) is 0 Å². The zero-order valence-electron chi connectivity index (χ0n) is 10.9. The van der Waals surface area contributed by atoms with E-state index in [9.17, 15) is 8.78 Å². The van der Waals surface area contributed by atoms with E-state index in [1.807, 2.05) is 4.57 Å². The summed E-state index contributed by atoms with van der Waals surface area (Å²) in [6.07, 6.45) is 1.06. The second-order valence-corrected chi connectivity index (χ2v) is 5.17. The summed E-state index contributed by atoms with van der Waals surface area (Å²) in [6, 6.07) is 0. The molecule has 1 fully saturated rings. The number of ether oxygens (including phenoxy) is 1. The van der Waals surface area contributed by atoms with Gasteiger partial charge in [0.05, 0.1) is 12.5 Å². The minimum atomic E-state index is -2.60. The van der Waals surface area contributed by atoms with E-state index in [0.29, 0.717) is 31.2 Å². The van der Waals surface area contributed by atoms with Crippen LogP contribution in [0.2, 0.25) is 0 Å². The van der Waals surface area contributed by atoms with Gasteiger partial charge < -0.3 is 9.30 Å². The molecule has 1 unspecified atom stereocenters. The Balaban J connectivity index is 2.20. The normalized spacial score (nSPS) is 22.6. The summed E-state index contributed by atoms with van der Waals surface area (Å²) in [6.45, 7) is 1.03. The maximum Gasteiger partial charge on any atom is 0.248 e. The van der Waals surface area contributed by atoms with Crippen LogP contribution < -0.4 is 0 Å². The molecule has 0 radical (unpaired) electrons. The average molecular weight is 294 g/mol. The number of alkyl halides is 3. The highest BCUT2D eigenvalue weighted by Gasteiger charge is 2.38. The van der Waals surface area contributed by atoms with E-state index in [4.69, 9.17) is 16.3 Å². The van der Waals surface area contributed by atoms with Gasteiger partial charge in [-0.15, -0.1) is 21.8 Å². The maximum atomic E-state index is 13.5. The monoisotopic (exact) mass is 293 g/mol. The van der Waals surface area contributed by atoms with Gasteiger partial charge in [0.25, 0.3) is 0 Å². The number of hydrogen-bond acceptors (Lipinski definition) is 3. The average Bonchev–Trinajstić information content (AvgIpc) is 2.77. The third kappa shape index (κ3) is 3.42. The van der Waals surface area contributed by atoms with E-state index in [1.54, 1.807) is 7.11 Å². The molecule has 1 heterocycles. The zero-order valence-corrected chi connectivity index (χ0v) is 11.7. The molecule has 108 valence electrons. The summed E-state index contributed by atoms with van der Waals surface area (Å²) >= 11 is 5.81. The zero-order chi connectivity index (χ0) is 13.9. The Bertz CT molecular complexity index is 425. The number of nitrogens with zero attached hydrogens (tertiary/aromatic N) is 3. The van der Waals surface area contributed by atoms with Crippen molar-refractivity contribution < 1.29 is 13.5 Å². The quantitative estimate of drug-likeness (QED) is 0.784. The molecule has 1 aromatic rings. The molecule has 0 spiro atoms. The van der Waals surface area contributed by atoms with Crippen molar-refractivity contribution in [1.29, 1.82) is 0 Å². The van der Waals surface area contributed by atoms with Crippen LogP contribution in [-0.4, -0.2) is 34.4 Å². The van der Waals surface area contributed by atoms with E-state index in [2.05, 4.69) is 10.2 Å². The Kier molecular flexibility index (Phi) is 4.73. The second-order valence-electron chi connectivity index (χ2n) is 4.90. The molecule has 1 aliphatic carbocycles. The molecule has 1 saturated carbocycles. The lowest BCUT2D eigenvalue weighted by Gasteiger charge is -2.28. The molecule has 7 heteroatoms. The lowest BCUT2D eigenvalue weighted by atomic mass is 9.86. The molecular formula is C12H18ClF2N3O. The number of aromatic nitrogens is 3. The lowest BCUT2D eigenvalue weighted by molar-refractivity contribution is -0.0421. The van der Waals surface area contributed by atoms with E-state index >= 15 is 0 Å². The molecule has 19 heavy (non-hydrogen) atoms. The van der Waals surface area contributed by atoms with Gasteiger partial charge in [-0.1, -0.05) is 0 Å². The predicted octanol–water partition coefficient (Wildman–Crippen LogP) is 2.96. The van der Waals surface area contributed by atoms with Crippen molar-refractivity contribution >= 4 is 11.6 Å². The van der Waals surface area contributed by atoms with E-state index < -0.39 is 5.92 Å². The molecule has 2 rings (SSSR count). The summed E-state index contributed by atoms with van der Waals surface area (Å²) in [7, 11) is 1.60. The SMILES string of the molecule is COCCn1c(CCl)nnc1C1CCCC(F)(F)C1. The van der Waals surface area contributed by atoms with Gasteiger partial charge in [0.2, 0.25) is 5.92 Å². The smallest absolute Gasteiger partial charge is 0.248 e. The van der Waals surface area contributed by atoms with E-state index in [0.717, 1.165) is 6.42 Å². The first kappa shape index (κ1) is 14.7. The van der Waals surface area contributed by atoms with Crippen LogP contribution >= 0.6 is 11.6 Å². The van der Waals surface area contributed by atoms with Gasteiger partial charge in [-0.25, -0.2) is 8.78 Å². The van der Waals surface area contributed by atoms with Gasteiger partial charge in [0.1, 0.15) is 11.6 Å². The van der Waals surface area contributed by atoms with E-state index in [-0.39, 0.29) is 24.6 Å². The Morgan fingerprint density at radius 1 is 1.47 bits per heavy atom. The summed E-state index contributed by atoms with van der Waals surface area (Å²) in [5.41, 5.74) is 0. The predicted molar refractivity (Wildman–Crippen MR) is 67.6 cm³/mol. The van der Waals surface area contributed by atoms with E-state index in [1.165, 1.54) is 0 Å². The van der Waals surface area contributed by atoms with Crippen LogP contribution in [0.3, 0.4) is 0 Å². The van der Waals surface area contributed by atoms with Crippen LogP contribution in [0, 0.1) is 0 Å². The molecule has 1 aliphatic rings. The molecule has 0 N–H and O–H groups in total. The third-order valence-corrected chi connectivity index (χ3v) is 3.74. The van der Waals surface area contributed by atoms with Crippen LogP contribution in [0.4, 0.5) is 8.78 Å². The van der Waals surface area contributed by atoms with Crippen LogP contribution in [0.15, 0.2) is 0 Å². The summed E-state index contributed by atoms with van der Waals surface area (Å²) < 4.78 is 33.9. The van der Waals surface area contributed by atoms with Crippen LogP contribution in [0.25, 0.3) is 0 Å². The third-order valence-electron chi connectivity index (χ3n) is 3.50. The topological polar surface area (TPSA) is 39.9 Å². The molecule has 0 amide bonds. The number of methoxy groups -OCH3 is 1. The minimum Gasteiger partial charge on any atom is -0.383 e. The Morgan fingerprint density at radius 2 is 2.26 bits per heavy atom. The number of rotatable bonds is 5. The Labute approximate surface area is 116 Å². The minimum absolute atomic E-state index is 0.0297. The first-order chi connectivity index (χ1) is 9.07. The van der Waals surface area contributed by atoms with Crippen LogP contribution in [-0.2, 0) is 17.2 Å². The van der Waals surface area contributed by atoms with Crippen molar-refractivity contribution in [3.05, 3.63) is 11.6 Å². The number of hydrogen-bond donors (Lipinski definition) is 0. The van der Waals surface area contributed by atoms with Crippen LogP contribution in [0.1, 0.15) is 43.3 Å². The van der Waals surface area contributed by atoms with Gasteiger partial charge in [0, 0.05) is 32.4 Å². The van der Waals surface area contributed by atoms with Crippen molar-refractivity contribution in [3.63, 3.8) is 0 Å². The fraction of sp³-hybridized carbons (Fsp3) is 0.833. The largest absolute Gasteiger partial charge is 0.383 e. The van der Waals surface area contributed by atoms with Crippen molar-refractivity contribution in [3.8, 4) is 0 Å².